The largest absolute Gasteiger partial charge is 0.307 e. The van der Waals surface area contributed by atoms with Crippen LogP contribution in [0.1, 0.15) is 55.1 Å². The first-order valence-electron chi connectivity index (χ1n) is 7.96. The number of nitrogens with zero attached hydrogens (tertiary/aromatic N) is 4. The van der Waals surface area contributed by atoms with E-state index in [0.29, 0.717) is 6.04 Å². The van der Waals surface area contributed by atoms with E-state index >= 15 is 0 Å². The van der Waals surface area contributed by atoms with Crippen molar-refractivity contribution in [3.05, 3.63) is 35.4 Å². The van der Waals surface area contributed by atoms with Crippen LogP contribution in [0.15, 0.2) is 18.5 Å². The second kappa shape index (κ2) is 6.43. The van der Waals surface area contributed by atoms with Gasteiger partial charge < -0.3 is 5.32 Å². The molecule has 1 fully saturated rings. The molecule has 0 saturated heterocycles. The molecule has 2 heterocycles. The molecule has 1 saturated carbocycles. The molecule has 1 aliphatic rings. The van der Waals surface area contributed by atoms with Crippen molar-refractivity contribution in [3.63, 3.8) is 0 Å². The van der Waals surface area contributed by atoms with Gasteiger partial charge in [-0.05, 0) is 25.8 Å². The maximum Gasteiger partial charge on any atom is 0.0762 e. The fourth-order valence-corrected chi connectivity index (χ4v) is 3.06. The van der Waals surface area contributed by atoms with E-state index in [1.165, 1.54) is 43.4 Å². The first-order valence-corrected chi connectivity index (χ1v) is 7.96. The molecule has 0 aromatic carbocycles. The van der Waals surface area contributed by atoms with Crippen molar-refractivity contribution in [2.45, 2.75) is 58.2 Å². The third kappa shape index (κ3) is 3.35. The van der Waals surface area contributed by atoms with Crippen molar-refractivity contribution in [1.82, 2.24) is 24.9 Å². The molecule has 2 aromatic heterocycles. The molecular weight excluding hydrogens is 262 g/mol. The van der Waals surface area contributed by atoms with Gasteiger partial charge in [-0.1, -0.05) is 19.3 Å². The molecule has 114 valence electrons. The molecule has 21 heavy (non-hydrogen) atoms. The summed E-state index contributed by atoms with van der Waals surface area (Å²) in [5.74, 6) is 0. The zero-order chi connectivity index (χ0) is 14.7. The van der Waals surface area contributed by atoms with Gasteiger partial charge in [-0.3, -0.25) is 9.36 Å². The maximum atomic E-state index is 4.73. The summed E-state index contributed by atoms with van der Waals surface area (Å²) in [6.45, 7) is 3.76. The van der Waals surface area contributed by atoms with Crippen molar-refractivity contribution < 1.29 is 0 Å². The van der Waals surface area contributed by atoms with Crippen LogP contribution in [0.5, 0.6) is 0 Å². The quantitative estimate of drug-likeness (QED) is 0.920. The van der Waals surface area contributed by atoms with Gasteiger partial charge in [0.05, 0.1) is 17.9 Å². The lowest BCUT2D eigenvalue weighted by molar-refractivity contribution is 0.327. The van der Waals surface area contributed by atoms with E-state index < -0.39 is 0 Å². The van der Waals surface area contributed by atoms with Crippen LogP contribution >= 0.6 is 0 Å². The number of nitrogens with one attached hydrogen (secondary N) is 1. The van der Waals surface area contributed by atoms with Gasteiger partial charge in [0.25, 0.3) is 0 Å². The molecule has 1 N–H and O–H groups in total. The van der Waals surface area contributed by atoms with Crippen molar-refractivity contribution in [2.24, 2.45) is 7.05 Å². The first-order chi connectivity index (χ1) is 10.2. The third-order valence-electron chi connectivity index (χ3n) is 4.57. The highest BCUT2D eigenvalue weighted by Crippen LogP contribution is 2.27. The van der Waals surface area contributed by atoms with Gasteiger partial charge in [0, 0.05) is 37.6 Å². The number of aryl methyl sites for hydroxylation is 1. The fraction of sp³-hybridized carbons (Fsp3) is 0.625. The van der Waals surface area contributed by atoms with E-state index in [2.05, 4.69) is 34.3 Å². The Labute approximate surface area is 126 Å². The molecule has 0 bridgehead atoms. The van der Waals surface area contributed by atoms with E-state index in [-0.39, 0.29) is 0 Å². The Morgan fingerprint density at radius 2 is 2.05 bits per heavy atom. The molecule has 1 aliphatic carbocycles. The normalized spacial score (nSPS) is 16.5. The Balaban J connectivity index is 1.51. The summed E-state index contributed by atoms with van der Waals surface area (Å²) in [6.07, 6.45) is 10.7. The standard InChI is InChI=1S/C16H25N5/c1-13-14(11-18-20(13)2)10-17-12-15-8-9-21(19-15)16-6-4-3-5-7-16/h8-9,11,16-17H,3-7,10,12H2,1-2H3. The molecule has 0 unspecified atom stereocenters. The van der Waals surface area contributed by atoms with Crippen LogP contribution in [0, 0.1) is 6.92 Å². The first kappa shape index (κ1) is 14.3. The molecule has 5 nitrogen and oxygen atoms in total. The van der Waals surface area contributed by atoms with Crippen molar-refractivity contribution in [1.29, 1.82) is 0 Å². The lowest BCUT2D eigenvalue weighted by atomic mass is 9.96. The number of aromatic nitrogens is 4. The molecule has 5 heteroatoms. The van der Waals surface area contributed by atoms with Crippen molar-refractivity contribution >= 4 is 0 Å². The van der Waals surface area contributed by atoms with Crippen LogP contribution in [0.25, 0.3) is 0 Å². The van der Waals surface area contributed by atoms with E-state index in [1.54, 1.807) is 0 Å². The molecule has 2 aromatic rings. The minimum Gasteiger partial charge on any atom is -0.307 e. The van der Waals surface area contributed by atoms with Crippen LogP contribution in [-0.4, -0.2) is 19.6 Å². The minimum atomic E-state index is 0.619. The Hall–Kier alpha value is -1.62. The van der Waals surface area contributed by atoms with Gasteiger partial charge in [-0.15, -0.1) is 0 Å². The maximum absolute atomic E-state index is 4.73. The van der Waals surface area contributed by atoms with Gasteiger partial charge in [-0.25, -0.2) is 0 Å². The number of hydrogen-bond donors (Lipinski definition) is 1. The van der Waals surface area contributed by atoms with E-state index in [9.17, 15) is 0 Å². The minimum absolute atomic E-state index is 0.619. The monoisotopic (exact) mass is 287 g/mol. The summed E-state index contributed by atoms with van der Waals surface area (Å²) in [4.78, 5) is 0. The van der Waals surface area contributed by atoms with Crippen molar-refractivity contribution in [2.75, 3.05) is 0 Å². The second-order valence-corrected chi connectivity index (χ2v) is 6.06. The summed E-state index contributed by atoms with van der Waals surface area (Å²) in [5, 5.41) is 12.4. The van der Waals surface area contributed by atoms with E-state index in [4.69, 9.17) is 5.10 Å². The van der Waals surface area contributed by atoms with Crippen LogP contribution < -0.4 is 5.32 Å². The molecular formula is C16H25N5. The summed E-state index contributed by atoms with van der Waals surface area (Å²) in [5.41, 5.74) is 3.60. The molecule has 0 atom stereocenters. The molecule has 0 spiro atoms. The SMILES string of the molecule is Cc1c(CNCc2ccn(C3CCCCC3)n2)cnn1C. The van der Waals surface area contributed by atoms with Crippen LogP contribution in [-0.2, 0) is 20.1 Å². The second-order valence-electron chi connectivity index (χ2n) is 6.06. The zero-order valence-corrected chi connectivity index (χ0v) is 13.0. The summed E-state index contributed by atoms with van der Waals surface area (Å²) < 4.78 is 4.08. The van der Waals surface area contributed by atoms with Gasteiger partial charge >= 0.3 is 0 Å². The van der Waals surface area contributed by atoms with Crippen LogP contribution in [0.4, 0.5) is 0 Å². The Morgan fingerprint density at radius 1 is 1.24 bits per heavy atom. The Morgan fingerprint density at radius 3 is 2.76 bits per heavy atom. The average Bonchev–Trinajstić information content (AvgIpc) is 3.10. The predicted molar refractivity (Wildman–Crippen MR) is 82.8 cm³/mol. The molecule has 0 amide bonds. The van der Waals surface area contributed by atoms with Gasteiger partial charge in [0.1, 0.15) is 0 Å². The highest BCUT2D eigenvalue weighted by Gasteiger charge is 2.15. The lowest BCUT2D eigenvalue weighted by Gasteiger charge is -2.21. The predicted octanol–water partition coefficient (Wildman–Crippen LogP) is 2.72. The molecule has 0 radical (unpaired) electrons. The Kier molecular flexibility index (Phi) is 4.39. The van der Waals surface area contributed by atoms with Gasteiger partial charge in [-0.2, -0.15) is 10.2 Å². The molecule has 0 aliphatic heterocycles. The van der Waals surface area contributed by atoms with Crippen LogP contribution in [0.2, 0.25) is 0 Å². The lowest BCUT2D eigenvalue weighted by Crippen LogP contribution is -2.16. The van der Waals surface area contributed by atoms with Crippen molar-refractivity contribution in [3.8, 4) is 0 Å². The Bertz CT molecular complexity index is 577. The van der Waals surface area contributed by atoms with E-state index in [1.807, 2.05) is 17.9 Å². The summed E-state index contributed by atoms with van der Waals surface area (Å²) in [7, 11) is 1.98. The third-order valence-corrected chi connectivity index (χ3v) is 4.57. The highest BCUT2D eigenvalue weighted by atomic mass is 15.3. The smallest absolute Gasteiger partial charge is 0.0762 e. The zero-order valence-electron chi connectivity index (χ0n) is 13.0. The van der Waals surface area contributed by atoms with Gasteiger partial charge in [0.15, 0.2) is 0 Å². The summed E-state index contributed by atoms with van der Waals surface area (Å²) in [6, 6.07) is 2.76. The summed E-state index contributed by atoms with van der Waals surface area (Å²) >= 11 is 0. The molecule has 3 rings (SSSR count). The van der Waals surface area contributed by atoms with E-state index in [0.717, 1.165) is 18.8 Å². The van der Waals surface area contributed by atoms with Crippen LogP contribution in [0.3, 0.4) is 0 Å². The topological polar surface area (TPSA) is 47.7 Å². The average molecular weight is 287 g/mol. The fourth-order valence-electron chi connectivity index (χ4n) is 3.06. The van der Waals surface area contributed by atoms with Gasteiger partial charge in [0.2, 0.25) is 0 Å². The number of hydrogen-bond acceptors (Lipinski definition) is 3. The number of rotatable bonds is 5. The highest BCUT2D eigenvalue weighted by molar-refractivity contribution is 5.15.